The number of nitrogens with two attached hydrogens (primary N) is 1. The van der Waals surface area contributed by atoms with Crippen molar-refractivity contribution in [3.05, 3.63) is 17.3 Å². The van der Waals surface area contributed by atoms with Gasteiger partial charge in [-0.3, -0.25) is 0 Å². The van der Waals surface area contributed by atoms with Crippen LogP contribution in [-0.4, -0.2) is 44.5 Å². The number of aromatic nitrogens is 1. The van der Waals surface area contributed by atoms with Crippen molar-refractivity contribution in [2.24, 2.45) is 0 Å². The third-order valence-electron chi connectivity index (χ3n) is 2.79. The van der Waals surface area contributed by atoms with E-state index in [1.165, 1.54) is 12.3 Å². The highest BCUT2D eigenvalue weighted by molar-refractivity contribution is 7.89. The Morgan fingerprint density at radius 1 is 1.53 bits per heavy atom. The van der Waals surface area contributed by atoms with E-state index in [4.69, 9.17) is 17.3 Å². The summed E-state index contributed by atoms with van der Waals surface area (Å²) in [4.78, 5) is 5.78. The Hall–Kier alpha value is -0.890. The van der Waals surface area contributed by atoms with Crippen molar-refractivity contribution in [3.63, 3.8) is 0 Å². The van der Waals surface area contributed by atoms with Crippen LogP contribution in [0.2, 0.25) is 5.02 Å². The highest BCUT2D eigenvalue weighted by Gasteiger charge is 2.16. The van der Waals surface area contributed by atoms with Crippen LogP contribution in [0, 0.1) is 0 Å². The smallest absolute Gasteiger partial charge is 0.242 e. The van der Waals surface area contributed by atoms with E-state index >= 15 is 0 Å². The third-order valence-corrected chi connectivity index (χ3v) is 4.52. The van der Waals surface area contributed by atoms with Crippen LogP contribution in [0.4, 0.5) is 5.82 Å². The Kier molecular flexibility index (Phi) is 5.54. The minimum atomic E-state index is -3.60. The van der Waals surface area contributed by atoms with Crippen molar-refractivity contribution < 1.29 is 8.42 Å². The topological polar surface area (TPSA) is 88.3 Å². The molecule has 0 spiro atoms. The number of nitrogen functional groups attached to an aromatic ring is 1. The molecule has 0 aromatic carbocycles. The largest absolute Gasteiger partial charge is 0.382 e. The molecule has 19 heavy (non-hydrogen) atoms. The molecule has 0 unspecified atom stereocenters. The molecular weight excluding hydrogens is 288 g/mol. The molecule has 0 saturated carbocycles. The molecule has 0 aliphatic carbocycles. The molecule has 0 fully saturated rings. The molecule has 0 amide bonds. The van der Waals surface area contributed by atoms with Crippen LogP contribution < -0.4 is 10.5 Å². The van der Waals surface area contributed by atoms with Crippen molar-refractivity contribution in [1.82, 2.24) is 14.6 Å². The van der Waals surface area contributed by atoms with Crippen LogP contribution in [0.1, 0.15) is 13.8 Å². The third kappa shape index (κ3) is 4.61. The normalized spacial score (nSPS) is 12.3. The number of sulfonamides is 1. The molecule has 0 bridgehead atoms. The van der Waals surface area contributed by atoms with E-state index in [9.17, 15) is 8.42 Å². The zero-order chi connectivity index (χ0) is 14.6. The van der Waals surface area contributed by atoms with Crippen LogP contribution in [0.5, 0.6) is 0 Å². The Morgan fingerprint density at radius 3 is 2.68 bits per heavy atom. The van der Waals surface area contributed by atoms with Crippen molar-refractivity contribution in [1.29, 1.82) is 0 Å². The van der Waals surface area contributed by atoms with Gasteiger partial charge in [-0.1, -0.05) is 11.6 Å². The van der Waals surface area contributed by atoms with Crippen LogP contribution >= 0.6 is 11.6 Å². The molecular formula is C11H19ClN4O2S. The maximum absolute atomic E-state index is 12.0. The van der Waals surface area contributed by atoms with Gasteiger partial charge in [0.25, 0.3) is 0 Å². The Labute approximate surface area is 119 Å². The fraction of sp³-hybridized carbons (Fsp3) is 0.545. The average Bonchev–Trinajstić information content (AvgIpc) is 2.32. The van der Waals surface area contributed by atoms with E-state index in [0.717, 1.165) is 0 Å². The van der Waals surface area contributed by atoms with Crippen LogP contribution in [0.3, 0.4) is 0 Å². The maximum atomic E-state index is 12.0. The second kappa shape index (κ2) is 6.51. The molecule has 1 aromatic rings. The second-order valence-electron chi connectivity index (χ2n) is 4.51. The molecule has 0 aliphatic heterocycles. The number of rotatable bonds is 6. The van der Waals surface area contributed by atoms with Gasteiger partial charge in [0.15, 0.2) is 0 Å². The molecule has 0 aliphatic rings. The first-order valence-electron chi connectivity index (χ1n) is 5.85. The lowest BCUT2D eigenvalue weighted by Crippen LogP contribution is -2.36. The zero-order valence-electron chi connectivity index (χ0n) is 11.2. The first kappa shape index (κ1) is 16.2. The number of pyridine rings is 1. The Bertz CT molecular complexity index is 533. The quantitative estimate of drug-likeness (QED) is 0.816. The molecule has 108 valence electrons. The SMILES string of the molecule is CC(C)N(C)CCNS(=O)(=O)c1cnc(N)c(Cl)c1. The van der Waals surface area contributed by atoms with E-state index in [2.05, 4.69) is 9.71 Å². The highest BCUT2D eigenvalue weighted by atomic mass is 35.5. The van der Waals surface area contributed by atoms with E-state index in [1.807, 2.05) is 25.8 Å². The van der Waals surface area contributed by atoms with Gasteiger partial charge in [0, 0.05) is 25.3 Å². The molecule has 6 nitrogen and oxygen atoms in total. The number of halogens is 1. The summed E-state index contributed by atoms with van der Waals surface area (Å²) < 4.78 is 26.5. The summed E-state index contributed by atoms with van der Waals surface area (Å²) in [5, 5.41) is 0.127. The van der Waals surface area contributed by atoms with Crippen molar-refractivity contribution in [3.8, 4) is 0 Å². The number of anilines is 1. The molecule has 1 heterocycles. The maximum Gasteiger partial charge on any atom is 0.242 e. The fourth-order valence-corrected chi connectivity index (χ4v) is 2.50. The number of likely N-dealkylation sites (N-methyl/N-ethyl adjacent to an activating group) is 1. The minimum Gasteiger partial charge on any atom is -0.382 e. The summed E-state index contributed by atoms with van der Waals surface area (Å²) in [7, 11) is -1.67. The molecule has 0 radical (unpaired) electrons. The summed E-state index contributed by atoms with van der Waals surface area (Å²) in [6.45, 7) is 5.02. The first-order chi connectivity index (χ1) is 8.74. The van der Waals surface area contributed by atoms with E-state index in [-0.39, 0.29) is 15.7 Å². The highest BCUT2D eigenvalue weighted by Crippen LogP contribution is 2.19. The predicted octanol–water partition coefficient (Wildman–Crippen LogP) is 0.936. The predicted molar refractivity (Wildman–Crippen MR) is 76.6 cm³/mol. The average molecular weight is 307 g/mol. The second-order valence-corrected chi connectivity index (χ2v) is 6.68. The lowest BCUT2D eigenvalue weighted by Gasteiger charge is -2.20. The van der Waals surface area contributed by atoms with Crippen LogP contribution in [0.15, 0.2) is 17.2 Å². The summed E-state index contributed by atoms with van der Waals surface area (Å²) in [5.41, 5.74) is 5.44. The Balaban J connectivity index is 2.68. The van der Waals surface area contributed by atoms with Gasteiger partial charge in [-0.05, 0) is 27.0 Å². The zero-order valence-corrected chi connectivity index (χ0v) is 12.8. The number of hydrogen-bond donors (Lipinski definition) is 2. The van der Waals surface area contributed by atoms with Gasteiger partial charge < -0.3 is 10.6 Å². The number of nitrogens with one attached hydrogen (secondary N) is 1. The monoisotopic (exact) mass is 306 g/mol. The van der Waals surface area contributed by atoms with Crippen molar-refractivity contribution in [2.75, 3.05) is 25.9 Å². The molecule has 8 heteroatoms. The minimum absolute atomic E-state index is 0.0129. The van der Waals surface area contributed by atoms with Crippen molar-refractivity contribution in [2.45, 2.75) is 24.8 Å². The number of nitrogens with zero attached hydrogens (tertiary/aromatic N) is 2. The fourth-order valence-electron chi connectivity index (χ4n) is 1.28. The summed E-state index contributed by atoms with van der Waals surface area (Å²) >= 11 is 5.76. The van der Waals surface area contributed by atoms with Crippen molar-refractivity contribution >= 4 is 27.4 Å². The summed E-state index contributed by atoms with van der Waals surface area (Å²) in [6, 6.07) is 1.65. The molecule has 1 aromatic heterocycles. The van der Waals surface area contributed by atoms with Gasteiger partial charge in [0.2, 0.25) is 10.0 Å². The van der Waals surface area contributed by atoms with Gasteiger partial charge >= 0.3 is 0 Å². The van der Waals surface area contributed by atoms with Gasteiger partial charge in [-0.25, -0.2) is 18.1 Å². The summed E-state index contributed by atoms with van der Waals surface area (Å²) in [5.74, 6) is 0.111. The van der Waals surface area contributed by atoms with Gasteiger partial charge in [0.05, 0.1) is 5.02 Å². The Morgan fingerprint density at radius 2 is 2.16 bits per heavy atom. The van der Waals surface area contributed by atoms with Gasteiger partial charge in [-0.15, -0.1) is 0 Å². The van der Waals surface area contributed by atoms with Gasteiger partial charge in [-0.2, -0.15) is 0 Å². The lowest BCUT2D eigenvalue weighted by atomic mass is 10.3. The summed E-state index contributed by atoms with van der Waals surface area (Å²) in [6.07, 6.45) is 1.19. The molecule has 1 rings (SSSR count). The molecule has 0 atom stereocenters. The molecule has 0 saturated heterocycles. The standard InChI is InChI=1S/C11H19ClN4O2S/c1-8(2)16(3)5-4-15-19(17,18)9-6-10(12)11(13)14-7-9/h6-8,15H,4-5H2,1-3H3,(H2,13,14). The first-order valence-corrected chi connectivity index (χ1v) is 7.71. The van der Waals surface area contributed by atoms with Gasteiger partial charge in [0.1, 0.15) is 10.7 Å². The molecule has 3 N–H and O–H groups in total. The lowest BCUT2D eigenvalue weighted by molar-refractivity contribution is 0.278. The number of hydrogen-bond acceptors (Lipinski definition) is 5. The van der Waals surface area contributed by atoms with Crippen LogP contribution in [0.25, 0.3) is 0 Å². The van der Waals surface area contributed by atoms with E-state index in [0.29, 0.717) is 19.1 Å². The van der Waals surface area contributed by atoms with Crippen LogP contribution in [-0.2, 0) is 10.0 Å². The van der Waals surface area contributed by atoms with E-state index in [1.54, 1.807) is 0 Å². The van der Waals surface area contributed by atoms with E-state index < -0.39 is 10.0 Å².